The van der Waals surface area contributed by atoms with Crippen molar-refractivity contribution in [3.8, 4) is 0 Å². The molecule has 5 aliphatic rings. The second-order valence-corrected chi connectivity index (χ2v) is 14.1. The molecule has 0 aromatic carbocycles. The molecule has 0 radical (unpaired) electrons. The lowest BCUT2D eigenvalue weighted by Gasteiger charge is -2.70. The summed E-state index contributed by atoms with van der Waals surface area (Å²) < 4.78 is 0. The third-order valence-corrected chi connectivity index (χ3v) is 12.5. The number of aliphatic hydroxyl groups is 1. The maximum absolute atomic E-state index is 12.5. The third-order valence-electron chi connectivity index (χ3n) is 12.5. The summed E-state index contributed by atoms with van der Waals surface area (Å²) in [5.41, 5.74) is 2.76. The van der Waals surface area contributed by atoms with E-state index in [1.165, 1.54) is 51.2 Å². The van der Waals surface area contributed by atoms with Crippen molar-refractivity contribution in [2.24, 2.45) is 50.7 Å². The highest BCUT2D eigenvalue weighted by molar-refractivity contribution is 5.63. The largest absolute Gasteiger partial charge is 0.393 e. The highest BCUT2D eigenvalue weighted by Crippen LogP contribution is 2.74. The Kier molecular flexibility index (Phi) is 4.80. The highest BCUT2D eigenvalue weighted by atomic mass is 16.3. The van der Waals surface area contributed by atoms with E-state index in [2.05, 4.69) is 47.6 Å². The summed E-state index contributed by atoms with van der Waals surface area (Å²) in [6, 6.07) is 0. The van der Waals surface area contributed by atoms with Gasteiger partial charge in [0.15, 0.2) is 0 Å². The minimum Gasteiger partial charge on any atom is -0.393 e. The van der Waals surface area contributed by atoms with Crippen LogP contribution in [-0.4, -0.2) is 17.5 Å². The van der Waals surface area contributed by atoms with Gasteiger partial charge in [0.1, 0.15) is 6.29 Å². The molecule has 4 fully saturated rings. The fourth-order valence-corrected chi connectivity index (χ4v) is 10.1. The first-order valence-electron chi connectivity index (χ1n) is 13.3. The number of fused-ring (bicyclic) bond motifs is 7. The molecule has 5 aliphatic carbocycles. The zero-order valence-electron chi connectivity index (χ0n) is 21.0. The van der Waals surface area contributed by atoms with Crippen molar-refractivity contribution in [2.75, 3.05) is 0 Å². The van der Waals surface area contributed by atoms with Crippen molar-refractivity contribution in [2.45, 2.75) is 112 Å². The standard InChI is InChI=1S/C29H46O2/c1-19-20-9-12-28(6)24(26(20,4)11-10-23(19)31)8-7-21-22-17-25(2,3)13-15-29(22,18-30)16-14-27(21,28)5/h7,18-20,22-24,31H,8-17H2,1-6H3/t19?,20-,22?,23-,24?,26?,27+,28?,29?/m0/s1. The minimum absolute atomic E-state index is 0.103. The van der Waals surface area contributed by atoms with Gasteiger partial charge in [-0.25, -0.2) is 0 Å². The summed E-state index contributed by atoms with van der Waals surface area (Å²) in [4.78, 5) is 12.5. The van der Waals surface area contributed by atoms with E-state index in [9.17, 15) is 9.90 Å². The lowest BCUT2D eigenvalue weighted by atomic mass is 9.34. The van der Waals surface area contributed by atoms with Crippen LogP contribution in [0.25, 0.3) is 0 Å². The first-order chi connectivity index (χ1) is 14.4. The van der Waals surface area contributed by atoms with Gasteiger partial charge in [0.2, 0.25) is 0 Å². The molecule has 0 spiro atoms. The van der Waals surface area contributed by atoms with Crippen LogP contribution in [-0.2, 0) is 4.79 Å². The summed E-state index contributed by atoms with van der Waals surface area (Å²) in [6.45, 7) is 14.9. The van der Waals surface area contributed by atoms with E-state index in [1.54, 1.807) is 5.57 Å². The number of hydrogen-bond acceptors (Lipinski definition) is 2. The molecule has 6 unspecified atom stereocenters. The zero-order chi connectivity index (χ0) is 22.4. The van der Waals surface area contributed by atoms with E-state index in [4.69, 9.17) is 0 Å². The van der Waals surface area contributed by atoms with Crippen molar-refractivity contribution in [3.63, 3.8) is 0 Å². The summed E-state index contributed by atoms with van der Waals surface area (Å²) in [5.74, 6) is 2.22. The Morgan fingerprint density at radius 3 is 2.39 bits per heavy atom. The Labute approximate surface area is 190 Å². The van der Waals surface area contributed by atoms with Gasteiger partial charge in [0.25, 0.3) is 0 Å². The molecule has 31 heavy (non-hydrogen) atoms. The Morgan fingerprint density at radius 2 is 1.68 bits per heavy atom. The quantitative estimate of drug-likeness (QED) is 0.363. The monoisotopic (exact) mass is 426 g/mol. The van der Waals surface area contributed by atoms with E-state index in [0.29, 0.717) is 39.9 Å². The molecule has 0 bridgehead atoms. The fraction of sp³-hybridized carbons (Fsp3) is 0.897. The number of carbonyl (C=O) groups excluding carboxylic acids is 1. The molecule has 0 aromatic heterocycles. The van der Waals surface area contributed by atoms with Crippen LogP contribution in [0.2, 0.25) is 0 Å². The van der Waals surface area contributed by atoms with Crippen LogP contribution >= 0.6 is 0 Å². The lowest BCUT2D eigenvalue weighted by molar-refractivity contribution is -0.180. The summed E-state index contributed by atoms with van der Waals surface area (Å²) >= 11 is 0. The van der Waals surface area contributed by atoms with Crippen LogP contribution in [0.3, 0.4) is 0 Å². The number of allylic oxidation sites excluding steroid dienone is 2. The van der Waals surface area contributed by atoms with Gasteiger partial charge in [0, 0.05) is 5.41 Å². The van der Waals surface area contributed by atoms with Gasteiger partial charge in [-0.3, -0.25) is 0 Å². The average Bonchev–Trinajstić information content (AvgIpc) is 2.71. The molecule has 1 N–H and O–H groups in total. The summed E-state index contributed by atoms with van der Waals surface area (Å²) in [7, 11) is 0. The molecule has 2 nitrogen and oxygen atoms in total. The first kappa shape index (κ1) is 22.2. The Balaban J connectivity index is 1.58. The lowest BCUT2D eigenvalue weighted by Crippen LogP contribution is -2.63. The van der Waals surface area contributed by atoms with Crippen LogP contribution in [0.1, 0.15) is 106 Å². The predicted molar refractivity (Wildman–Crippen MR) is 126 cm³/mol. The zero-order valence-corrected chi connectivity index (χ0v) is 21.0. The SMILES string of the molecule is CC1[C@@H](O)CCC2(C)C3CC=C4C5CC(C)(C)CCC5(C=O)CC[C@@]4(C)C3(C)CC[C@@H]12. The molecule has 0 aromatic rings. The van der Waals surface area contributed by atoms with Crippen LogP contribution in [0.5, 0.6) is 0 Å². The summed E-state index contributed by atoms with van der Waals surface area (Å²) in [5, 5.41) is 10.6. The van der Waals surface area contributed by atoms with E-state index < -0.39 is 0 Å². The van der Waals surface area contributed by atoms with Crippen molar-refractivity contribution < 1.29 is 9.90 Å². The number of hydrogen-bond donors (Lipinski definition) is 1. The third kappa shape index (κ3) is 2.75. The molecule has 0 amide bonds. The maximum Gasteiger partial charge on any atom is 0.126 e. The Hall–Kier alpha value is -0.630. The molecule has 5 rings (SSSR count). The number of rotatable bonds is 1. The molecule has 4 saturated carbocycles. The molecular formula is C29H46O2. The van der Waals surface area contributed by atoms with Crippen LogP contribution in [0.15, 0.2) is 11.6 Å². The van der Waals surface area contributed by atoms with Gasteiger partial charge in [-0.2, -0.15) is 0 Å². The van der Waals surface area contributed by atoms with Gasteiger partial charge in [-0.05, 0) is 110 Å². The van der Waals surface area contributed by atoms with Crippen molar-refractivity contribution in [3.05, 3.63) is 11.6 Å². The molecule has 174 valence electrons. The Bertz CT molecular complexity index is 797. The molecule has 0 heterocycles. The van der Waals surface area contributed by atoms with Crippen LogP contribution < -0.4 is 0 Å². The Morgan fingerprint density at radius 1 is 0.968 bits per heavy atom. The molecule has 9 atom stereocenters. The maximum atomic E-state index is 12.5. The molecular weight excluding hydrogens is 380 g/mol. The van der Waals surface area contributed by atoms with Crippen LogP contribution in [0.4, 0.5) is 0 Å². The van der Waals surface area contributed by atoms with E-state index in [0.717, 1.165) is 19.3 Å². The topological polar surface area (TPSA) is 37.3 Å². The number of carbonyl (C=O) groups is 1. The predicted octanol–water partition coefficient (Wildman–Crippen LogP) is 6.96. The minimum atomic E-state index is -0.111. The van der Waals surface area contributed by atoms with Crippen molar-refractivity contribution in [1.82, 2.24) is 0 Å². The van der Waals surface area contributed by atoms with E-state index in [-0.39, 0.29) is 16.9 Å². The van der Waals surface area contributed by atoms with Crippen molar-refractivity contribution in [1.29, 1.82) is 0 Å². The number of aliphatic hydroxyl groups excluding tert-OH is 1. The highest BCUT2D eigenvalue weighted by Gasteiger charge is 2.67. The number of aldehydes is 1. The second kappa shape index (κ2) is 6.71. The average molecular weight is 427 g/mol. The van der Waals surface area contributed by atoms with E-state index >= 15 is 0 Å². The van der Waals surface area contributed by atoms with Gasteiger partial charge in [-0.1, -0.05) is 53.2 Å². The molecule has 0 aliphatic heterocycles. The van der Waals surface area contributed by atoms with Crippen LogP contribution in [0, 0.1) is 50.7 Å². The van der Waals surface area contributed by atoms with Gasteiger partial charge in [0.05, 0.1) is 6.10 Å². The smallest absolute Gasteiger partial charge is 0.126 e. The van der Waals surface area contributed by atoms with E-state index in [1.807, 2.05) is 0 Å². The second-order valence-electron chi connectivity index (χ2n) is 14.1. The van der Waals surface area contributed by atoms with Gasteiger partial charge in [-0.15, -0.1) is 0 Å². The van der Waals surface area contributed by atoms with Gasteiger partial charge < -0.3 is 9.90 Å². The van der Waals surface area contributed by atoms with Gasteiger partial charge >= 0.3 is 0 Å². The molecule has 2 heteroatoms. The molecule has 0 saturated heterocycles. The normalized spacial score (nSPS) is 55.7. The van der Waals surface area contributed by atoms with Crippen molar-refractivity contribution >= 4 is 6.29 Å². The fourth-order valence-electron chi connectivity index (χ4n) is 10.1. The summed E-state index contributed by atoms with van der Waals surface area (Å²) in [6.07, 6.45) is 15.5. The first-order valence-corrected chi connectivity index (χ1v) is 13.3.